The Morgan fingerprint density at radius 2 is 1.69 bits per heavy atom. The van der Waals surface area contributed by atoms with Gasteiger partial charge in [-0.25, -0.2) is 4.79 Å². The average molecular weight is 222 g/mol. The zero-order valence-electron chi connectivity index (χ0n) is 9.44. The zero-order valence-corrected chi connectivity index (χ0v) is 9.44. The second-order valence-electron chi connectivity index (χ2n) is 3.89. The van der Waals surface area contributed by atoms with Crippen molar-refractivity contribution < 1.29 is 19.8 Å². The summed E-state index contributed by atoms with van der Waals surface area (Å²) in [6.45, 7) is 5.03. The minimum absolute atomic E-state index is 0.161. The molecule has 0 aliphatic heterocycles. The first-order chi connectivity index (χ1) is 7.34. The lowest BCUT2D eigenvalue weighted by atomic mass is 9.92. The maximum absolute atomic E-state index is 10.9. The van der Waals surface area contributed by atoms with E-state index in [2.05, 4.69) is 0 Å². The summed E-state index contributed by atoms with van der Waals surface area (Å²) in [5.41, 5.74) is 2.16. The van der Waals surface area contributed by atoms with Crippen LogP contribution < -0.4 is 0 Å². The third kappa shape index (κ3) is 2.21. The number of aliphatic carboxylic acids is 1. The fourth-order valence-electron chi connectivity index (χ4n) is 1.70. The second-order valence-corrected chi connectivity index (χ2v) is 3.89. The summed E-state index contributed by atoms with van der Waals surface area (Å²) in [4.78, 5) is 21.8. The summed E-state index contributed by atoms with van der Waals surface area (Å²) in [6, 6.07) is 3.16. The molecule has 0 saturated heterocycles. The first kappa shape index (κ1) is 12.2. The van der Waals surface area contributed by atoms with Crippen LogP contribution in [-0.4, -0.2) is 22.2 Å². The lowest BCUT2D eigenvalue weighted by Crippen LogP contribution is -2.11. The Balaban J connectivity index is 3.35. The average Bonchev–Trinajstić information content (AvgIpc) is 2.16. The van der Waals surface area contributed by atoms with Crippen molar-refractivity contribution in [3.63, 3.8) is 0 Å². The van der Waals surface area contributed by atoms with Crippen LogP contribution in [0, 0.1) is 13.8 Å². The van der Waals surface area contributed by atoms with Gasteiger partial charge in [-0.3, -0.25) is 4.79 Å². The third-order valence-corrected chi connectivity index (χ3v) is 2.68. The Kier molecular flexibility index (Phi) is 3.32. The molecule has 1 aromatic rings. The van der Waals surface area contributed by atoms with Gasteiger partial charge in [0.2, 0.25) is 0 Å². The normalized spacial score (nSPS) is 12.2. The summed E-state index contributed by atoms with van der Waals surface area (Å²) < 4.78 is 0. The lowest BCUT2D eigenvalue weighted by Gasteiger charge is -2.13. The molecule has 0 aliphatic rings. The molecule has 86 valence electrons. The van der Waals surface area contributed by atoms with Crippen LogP contribution in [0.15, 0.2) is 12.1 Å². The van der Waals surface area contributed by atoms with Crippen molar-refractivity contribution in [1.82, 2.24) is 0 Å². The van der Waals surface area contributed by atoms with Crippen LogP contribution in [0.5, 0.6) is 0 Å². The molecular weight excluding hydrogens is 208 g/mol. The number of hydrogen-bond acceptors (Lipinski definition) is 2. The number of benzene rings is 1. The van der Waals surface area contributed by atoms with Crippen molar-refractivity contribution >= 4 is 11.9 Å². The number of carboxylic acids is 2. The number of rotatable bonds is 3. The molecule has 0 radical (unpaired) electrons. The summed E-state index contributed by atoms with van der Waals surface area (Å²) in [7, 11) is 0. The van der Waals surface area contributed by atoms with E-state index in [-0.39, 0.29) is 5.56 Å². The number of aromatic carboxylic acids is 1. The van der Waals surface area contributed by atoms with Gasteiger partial charge in [-0.1, -0.05) is 6.07 Å². The van der Waals surface area contributed by atoms with E-state index in [0.717, 1.165) is 5.56 Å². The Morgan fingerprint density at radius 3 is 2.12 bits per heavy atom. The van der Waals surface area contributed by atoms with Gasteiger partial charge in [0.25, 0.3) is 0 Å². The van der Waals surface area contributed by atoms with Crippen LogP contribution in [0.3, 0.4) is 0 Å². The molecule has 1 unspecified atom stereocenters. The summed E-state index contributed by atoms with van der Waals surface area (Å²) in [5, 5.41) is 17.9. The molecule has 0 aliphatic carbocycles. The molecule has 4 nitrogen and oxygen atoms in total. The second kappa shape index (κ2) is 4.35. The maximum atomic E-state index is 10.9. The van der Waals surface area contributed by atoms with Crippen molar-refractivity contribution in [1.29, 1.82) is 0 Å². The van der Waals surface area contributed by atoms with E-state index in [1.807, 2.05) is 0 Å². The fourth-order valence-corrected chi connectivity index (χ4v) is 1.70. The number of carboxylic acid groups (broad SMARTS) is 2. The van der Waals surface area contributed by atoms with Crippen molar-refractivity contribution in [2.45, 2.75) is 26.7 Å². The molecule has 2 N–H and O–H groups in total. The monoisotopic (exact) mass is 222 g/mol. The van der Waals surface area contributed by atoms with E-state index in [4.69, 9.17) is 10.2 Å². The topological polar surface area (TPSA) is 74.6 Å². The molecule has 0 heterocycles. The molecule has 0 amide bonds. The molecule has 1 rings (SSSR count). The van der Waals surface area contributed by atoms with Crippen molar-refractivity contribution in [2.75, 3.05) is 0 Å². The van der Waals surface area contributed by atoms with E-state index >= 15 is 0 Å². The summed E-state index contributed by atoms with van der Waals surface area (Å²) in [5.74, 6) is -2.68. The van der Waals surface area contributed by atoms with Gasteiger partial charge in [-0.05, 0) is 43.5 Å². The molecule has 0 fully saturated rings. The quantitative estimate of drug-likeness (QED) is 0.822. The van der Waals surface area contributed by atoms with Crippen molar-refractivity contribution in [3.8, 4) is 0 Å². The largest absolute Gasteiger partial charge is 0.481 e. The molecule has 1 atom stereocenters. The highest BCUT2D eigenvalue weighted by molar-refractivity contribution is 5.90. The predicted molar refractivity (Wildman–Crippen MR) is 58.9 cm³/mol. The Labute approximate surface area is 93.5 Å². The van der Waals surface area contributed by atoms with Crippen LogP contribution >= 0.6 is 0 Å². The van der Waals surface area contributed by atoms with Crippen molar-refractivity contribution in [2.24, 2.45) is 0 Å². The van der Waals surface area contributed by atoms with Crippen LogP contribution in [0.2, 0.25) is 0 Å². The first-order valence-electron chi connectivity index (χ1n) is 4.91. The number of hydrogen-bond donors (Lipinski definition) is 2. The van der Waals surface area contributed by atoms with Gasteiger partial charge < -0.3 is 10.2 Å². The van der Waals surface area contributed by atoms with Crippen LogP contribution in [0.1, 0.15) is 39.9 Å². The molecular formula is C12H14O4. The Hall–Kier alpha value is -1.84. The fraction of sp³-hybridized carbons (Fsp3) is 0.333. The van der Waals surface area contributed by atoms with Gasteiger partial charge in [-0.15, -0.1) is 0 Å². The highest BCUT2D eigenvalue weighted by Crippen LogP contribution is 2.23. The molecule has 16 heavy (non-hydrogen) atoms. The molecule has 0 spiro atoms. The van der Waals surface area contributed by atoms with Gasteiger partial charge in [0, 0.05) is 0 Å². The van der Waals surface area contributed by atoms with Gasteiger partial charge >= 0.3 is 11.9 Å². The van der Waals surface area contributed by atoms with Gasteiger partial charge in [0.15, 0.2) is 0 Å². The maximum Gasteiger partial charge on any atom is 0.335 e. The highest BCUT2D eigenvalue weighted by Gasteiger charge is 2.19. The van der Waals surface area contributed by atoms with E-state index in [1.165, 1.54) is 6.07 Å². The Morgan fingerprint density at radius 1 is 1.12 bits per heavy atom. The van der Waals surface area contributed by atoms with Gasteiger partial charge in [0.05, 0.1) is 11.5 Å². The van der Waals surface area contributed by atoms with Gasteiger partial charge in [0.1, 0.15) is 0 Å². The van der Waals surface area contributed by atoms with Gasteiger partial charge in [-0.2, -0.15) is 0 Å². The molecule has 4 heteroatoms. The number of aryl methyl sites for hydroxylation is 2. The first-order valence-corrected chi connectivity index (χ1v) is 4.91. The highest BCUT2D eigenvalue weighted by atomic mass is 16.4. The molecule has 0 saturated carbocycles. The van der Waals surface area contributed by atoms with Crippen LogP contribution in [-0.2, 0) is 4.79 Å². The smallest absolute Gasteiger partial charge is 0.335 e. The summed E-state index contributed by atoms with van der Waals surface area (Å²) in [6.07, 6.45) is 0. The predicted octanol–water partition coefficient (Wildman–Crippen LogP) is 2.19. The van der Waals surface area contributed by atoms with Crippen molar-refractivity contribution in [3.05, 3.63) is 34.4 Å². The van der Waals surface area contributed by atoms with Crippen LogP contribution in [0.4, 0.5) is 0 Å². The zero-order chi connectivity index (χ0) is 12.5. The van der Waals surface area contributed by atoms with Crippen LogP contribution in [0.25, 0.3) is 0 Å². The Bertz CT molecular complexity index is 449. The van der Waals surface area contributed by atoms with E-state index in [0.29, 0.717) is 11.1 Å². The van der Waals surface area contributed by atoms with E-state index in [1.54, 1.807) is 26.8 Å². The number of carbonyl (C=O) groups is 2. The lowest BCUT2D eigenvalue weighted by molar-refractivity contribution is -0.138. The minimum atomic E-state index is -1.03. The molecule has 0 aromatic heterocycles. The van der Waals surface area contributed by atoms with E-state index in [9.17, 15) is 9.59 Å². The molecule has 0 bridgehead atoms. The standard InChI is InChI=1S/C12H14O4/c1-6-4-7(2)10(12(15)16)5-9(6)8(3)11(13)14/h4-5,8H,1-3H3,(H,13,14)(H,15,16). The van der Waals surface area contributed by atoms with E-state index < -0.39 is 17.9 Å². The third-order valence-electron chi connectivity index (χ3n) is 2.68. The SMILES string of the molecule is Cc1cc(C)c(C(C)C(=O)O)cc1C(=O)O. The molecule has 1 aromatic carbocycles. The minimum Gasteiger partial charge on any atom is -0.481 e. The summed E-state index contributed by atoms with van der Waals surface area (Å²) >= 11 is 0.